The average Bonchev–Trinajstić information content (AvgIpc) is 2.84. The minimum Gasteiger partial charge on any atom is -0.494 e. The van der Waals surface area contributed by atoms with E-state index < -0.39 is 11.9 Å². The number of anilines is 1. The van der Waals surface area contributed by atoms with Gasteiger partial charge in [0, 0.05) is 16.9 Å². The topological polar surface area (TPSA) is 100 Å². The second-order valence-electron chi connectivity index (χ2n) is 8.52. The van der Waals surface area contributed by atoms with Crippen molar-refractivity contribution in [2.75, 3.05) is 24.8 Å². The van der Waals surface area contributed by atoms with E-state index in [-0.39, 0.29) is 11.7 Å². The fourth-order valence-corrected chi connectivity index (χ4v) is 5.31. The first-order valence-corrected chi connectivity index (χ1v) is 12.6. The molecule has 2 aromatic rings. The van der Waals surface area contributed by atoms with Crippen molar-refractivity contribution < 1.29 is 19.1 Å². The molecule has 0 bridgehead atoms. The van der Waals surface area contributed by atoms with Crippen LogP contribution in [0.5, 0.6) is 5.75 Å². The third kappa shape index (κ3) is 5.74. The van der Waals surface area contributed by atoms with Crippen LogP contribution in [-0.2, 0) is 14.3 Å². The zero-order chi connectivity index (χ0) is 26.4. The number of ether oxygens (including phenoxy) is 2. The van der Waals surface area contributed by atoms with Gasteiger partial charge in [-0.25, -0.2) is 4.79 Å². The molecule has 0 spiro atoms. The normalized spacial score (nSPS) is 15.2. The van der Waals surface area contributed by atoms with Gasteiger partial charge in [0.05, 0.1) is 47.6 Å². The summed E-state index contributed by atoms with van der Waals surface area (Å²) in [6.07, 6.45) is 0. The smallest absolute Gasteiger partial charge is 0.336 e. The zero-order valence-corrected chi connectivity index (χ0v) is 22.3. The van der Waals surface area contributed by atoms with E-state index in [1.807, 2.05) is 64.1 Å². The number of nitrogens with one attached hydrogen (secondary N) is 2. The van der Waals surface area contributed by atoms with Gasteiger partial charge in [0.1, 0.15) is 5.75 Å². The van der Waals surface area contributed by atoms with Crippen LogP contribution < -0.4 is 15.4 Å². The summed E-state index contributed by atoms with van der Waals surface area (Å²) in [6, 6.07) is 13.7. The van der Waals surface area contributed by atoms with E-state index in [0.29, 0.717) is 39.8 Å². The number of methoxy groups -OCH3 is 1. The second-order valence-corrected chi connectivity index (χ2v) is 9.51. The molecule has 0 aliphatic carbocycles. The average molecular weight is 506 g/mol. The number of esters is 1. The van der Waals surface area contributed by atoms with Crippen LogP contribution in [0, 0.1) is 32.1 Å². The van der Waals surface area contributed by atoms with Gasteiger partial charge in [0.2, 0.25) is 5.91 Å². The van der Waals surface area contributed by atoms with Gasteiger partial charge in [-0.15, -0.1) is 0 Å². The molecule has 0 radical (unpaired) electrons. The lowest BCUT2D eigenvalue weighted by Crippen LogP contribution is -2.29. The number of carbonyl (C=O) groups excluding carboxylic acids is 2. The highest BCUT2D eigenvalue weighted by Crippen LogP contribution is 2.44. The zero-order valence-electron chi connectivity index (χ0n) is 21.4. The standard InChI is InChI=1S/C28H31N3O4S/c1-7-35-22-11-9-8-10-20(22)25-21(14-29)27(30-19(5)24(25)28(33)34-6)36-15-23(32)31-26-17(3)12-16(2)13-18(26)4/h8-13,25,30H,7,15H2,1-6H3,(H,31,32). The number of para-hydroxylation sites is 1. The third-order valence-corrected chi connectivity index (χ3v) is 6.89. The van der Waals surface area contributed by atoms with Gasteiger partial charge in [-0.05, 0) is 51.8 Å². The number of dihydropyridines is 1. The van der Waals surface area contributed by atoms with Crippen LogP contribution in [0.2, 0.25) is 0 Å². The summed E-state index contributed by atoms with van der Waals surface area (Å²) >= 11 is 1.22. The van der Waals surface area contributed by atoms with Crippen molar-refractivity contribution in [3.8, 4) is 11.8 Å². The lowest BCUT2D eigenvalue weighted by Gasteiger charge is -2.30. The van der Waals surface area contributed by atoms with Crippen LogP contribution in [0.4, 0.5) is 5.69 Å². The van der Waals surface area contributed by atoms with Crippen LogP contribution in [0.3, 0.4) is 0 Å². The summed E-state index contributed by atoms with van der Waals surface area (Å²) in [7, 11) is 1.31. The predicted octanol–water partition coefficient (Wildman–Crippen LogP) is 5.25. The second kappa shape index (κ2) is 11.8. The summed E-state index contributed by atoms with van der Waals surface area (Å²) in [5.74, 6) is -0.745. The summed E-state index contributed by atoms with van der Waals surface area (Å²) in [6.45, 7) is 10.0. The Balaban J connectivity index is 1.95. The van der Waals surface area contributed by atoms with Crippen molar-refractivity contribution in [3.63, 3.8) is 0 Å². The summed E-state index contributed by atoms with van der Waals surface area (Å²) in [5, 5.41) is 16.9. The SMILES string of the molecule is CCOc1ccccc1C1C(C#N)=C(SCC(=O)Nc2c(C)cc(C)cc2C)NC(C)=C1C(=O)OC. The molecule has 8 heteroatoms. The van der Waals surface area contributed by atoms with Crippen molar-refractivity contribution in [1.82, 2.24) is 5.32 Å². The number of hydrogen-bond donors (Lipinski definition) is 2. The Morgan fingerprint density at radius 3 is 2.42 bits per heavy atom. The number of carbonyl (C=O) groups is 2. The molecule has 0 fully saturated rings. The molecule has 36 heavy (non-hydrogen) atoms. The number of thioether (sulfide) groups is 1. The van der Waals surface area contributed by atoms with Crippen molar-refractivity contribution in [1.29, 1.82) is 5.26 Å². The van der Waals surface area contributed by atoms with Crippen LogP contribution in [-0.4, -0.2) is 31.3 Å². The molecule has 0 aromatic heterocycles. The van der Waals surface area contributed by atoms with E-state index in [1.165, 1.54) is 18.9 Å². The van der Waals surface area contributed by atoms with Gasteiger partial charge in [-0.2, -0.15) is 5.26 Å². The highest BCUT2D eigenvalue weighted by molar-refractivity contribution is 8.03. The number of amides is 1. The Morgan fingerprint density at radius 2 is 1.81 bits per heavy atom. The van der Waals surface area contributed by atoms with Crippen LogP contribution in [0.15, 0.2) is 58.3 Å². The molecule has 1 amide bonds. The van der Waals surface area contributed by atoms with Gasteiger partial charge in [0.15, 0.2) is 0 Å². The largest absolute Gasteiger partial charge is 0.494 e. The predicted molar refractivity (Wildman–Crippen MR) is 143 cm³/mol. The number of aryl methyl sites for hydroxylation is 3. The van der Waals surface area contributed by atoms with Crippen LogP contribution >= 0.6 is 11.8 Å². The Hall–Kier alpha value is -3.70. The van der Waals surface area contributed by atoms with Crippen molar-refractivity contribution in [2.24, 2.45) is 0 Å². The maximum atomic E-state index is 12.9. The van der Waals surface area contributed by atoms with Crippen molar-refractivity contribution >= 4 is 29.3 Å². The molecule has 0 saturated carbocycles. The molecule has 0 saturated heterocycles. The van der Waals surface area contributed by atoms with Crippen molar-refractivity contribution in [3.05, 3.63) is 80.5 Å². The Kier molecular flexibility index (Phi) is 8.83. The first-order valence-electron chi connectivity index (χ1n) is 11.6. The minimum atomic E-state index is -0.696. The lowest BCUT2D eigenvalue weighted by atomic mass is 9.82. The first-order chi connectivity index (χ1) is 17.2. The number of allylic oxidation sites excluding steroid dienone is 2. The van der Waals surface area contributed by atoms with Gasteiger partial charge >= 0.3 is 5.97 Å². The first kappa shape index (κ1) is 26.9. The summed E-state index contributed by atoms with van der Waals surface area (Å²) in [5.41, 5.74) is 5.82. The molecule has 2 aromatic carbocycles. The van der Waals surface area contributed by atoms with Gasteiger partial charge in [-0.1, -0.05) is 47.7 Å². The fourth-order valence-electron chi connectivity index (χ4n) is 4.41. The Morgan fingerprint density at radius 1 is 1.14 bits per heavy atom. The molecular weight excluding hydrogens is 474 g/mol. The van der Waals surface area contributed by atoms with Gasteiger partial charge < -0.3 is 20.1 Å². The highest BCUT2D eigenvalue weighted by atomic mass is 32.2. The van der Waals surface area contributed by atoms with E-state index in [1.54, 1.807) is 6.92 Å². The molecule has 1 aliphatic rings. The number of benzene rings is 2. The number of nitrogens with zero attached hydrogens (tertiary/aromatic N) is 1. The molecular formula is C28H31N3O4S. The molecule has 7 nitrogen and oxygen atoms in total. The highest BCUT2D eigenvalue weighted by Gasteiger charge is 2.37. The summed E-state index contributed by atoms with van der Waals surface area (Å²) in [4.78, 5) is 25.7. The molecule has 1 atom stereocenters. The molecule has 1 unspecified atom stereocenters. The minimum absolute atomic E-state index is 0.0843. The van der Waals surface area contributed by atoms with E-state index in [9.17, 15) is 14.9 Å². The molecule has 3 rings (SSSR count). The Bertz CT molecular complexity index is 1270. The lowest BCUT2D eigenvalue weighted by molar-refractivity contribution is -0.136. The fraction of sp³-hybridized carbons (Fsp3) is 0.321. The maximum Gasteiger partial charge on any atom is 0.336 e. The number of rotatable bonds is 8. The van der Waals surface area contributed by atoms with E-state index in [0.717, 1.165) is 22.4 Å². The van der Waals surface area contributed by atoms with Gasteiger partial charge in [0.25, 0.3) is 0 Å². The van der Waals surface area contributed by atoms with E-state index in [4.69, 9.17) is 9.47 Å². The number of nitriles is 1. The van der Waals surface area contributed by atoms with E-state index in [2.05, 4.69) is 16.7 Å². The van der Waals surface area contributed by atoms with Crippen LogP contribution in [0.1, 0.15) is 42.0 Å². The maximum absolute atomic E-state index is 12.9. The number of hydrogen-bond acceptors (Lipinski definition) is 7. The van der Waals surface area contributed by atoms with Crippen molar-refractivity contribution in [2.45, 2.75) is 40.5 Å². The van der Waals surface area contributed by atoms with E-state index >= 15 is 0 Å². The summed E-state index contributed by atoms with van der Waals surface area (Å²) < 4.78 is 10.9. The molecule has 1 heterocycles. The molecule has 188 valence electrons. The molecule has 2 N–H and O–H groups in total. The Labute approximate surface area is 216 Å². The third-order valence-electron chi connectivity index (χ3n) is 5.87. The monoisotopic (exact) mass is 505 g/mol. The molecule has 1 aliphatic heterocycles. The quantitative estimate of drug-likeness (QED) is 0.473. The van der Waals surface area contributed by atoms with Crippen LogP contribution in [0.25, 0.3) is 0 Å². The van der Waals surface area contributed by atoms with Gasteiger partial charge in [-0.3, -0.25) is 4.79 Å².